The summed E-state index contributed by atoms with van der Waals surface area (Å²) in [5, 5.41) is 8.06. The molecule has 1 aromatic heterocycles. The molecule has 3 aromatic rings. The van der Waals surface area contributed by atoms with Crippen LogP contribution in [0.4, 0.5) is 5.69 Å². The average Bonchev–Trinajstić information content (AvgIpc) is 2.68. The minimum absolute atomic E-state index is 0.0588. The number of methoxy groups -OCH3 is 2. The fourth-order valence-corrected chi connectivity index (χ4v) is 3.04. The molecule has 0 radical (unpaired) electrons. The van der Waals surface area contributed by atoms with E-state index in [2.05, 4.69) is 22.5 Å². The summed E-state index contributed by atoms with van der Waals surface area (Å²) >= 11 is 5.49. The molecule has 134 valence electrons. The second-order valence-electron chi connectivity index (χ2n) is 5.81. The molecule has 0 aliphatic carbocycles. The first-order chi connectivity index (χ1) is 12.6. The smallest absolute Gasteiger partial charge is 0.171 e. The van der Waals surface area contributed by atoms with E-state index in [1.165, 1.54) is 0 Å². The van der Waals surface area contributed by atoms with E-state index in [0.717, 1.165) is 33.7 Å². The largest absolute Gasteiger partial charge is 0.497 e. The molecule has 2 aromatic carbocycles. The van der Waals surface area contributed by atoms with Gasteiger partial charge in [-0.05, 0) is 61.1 Å². The van der Waals surface area contributed by atoms with Gasteiger partial charge in [-0.1, -0.05) is 12.1 Å². The summed E-state index contributed by atoms with van der Waals surface area (Å²) in [6, 6.07) is 15.7. The van der Waals surface area contributed by atoms with Crippen LogP contribution in [0.25, 0.3) is 10.9 Å². The lowest BCUT2D eigenvalue weighted by Gasteiger charge is -2.18. The molecular weight excluding hydrogens is 346 g/mol. The van der Waals surface area contributed by atoms with Gasteiger partial charge in [-0.3, -0.25) is 4.98 Å². The number of nitrogens with one attached hydrogen (secondary N) is 2. The predicted octanol–water partition coefficient (Wildman–Crippen LogP) is 4.30. The summed E-state index contributed by atoms with van der Waals surface area (Å²) in [6.45, 7) is 2.06. The number of rotatable bonds is 5. The number of anilines is 1. The minimum atomic E-state index is 0.0588. The Labute approximate surface area is 158 Å². The zero-order chi connectivity index (χ0) is 18.5. The van der Waals surface area contributed by atoms with Gasteiger partial charge in [0.2, 0.25) is 0 Å². The van der Waals surface area contributed by atoms with Crippen LogP contribution in [0.2, 0.25) is 0 Å². The fraction of sp³-hybridized carbons (Fsp3) is 0.200. The predicted molar refractivity (Wildman–Crippen MR) is 109 cm³/mol. The standard InChI is InChI=1S/C20H21N3O2S/c1-13(14-6-8-15(24-2)9-7-14)22-20(26)23-17-10-11-18(25-3)19-16(17)5-4-12-21-19/h4-13H,1-3H3,(H2,22,23,26). The molecule has 0 aliphatic heterocycles. The van der Waals surface area contributed by atoms with Gasteiger partial charge in [0.15, 0.2) is 5.11 Å². The molecule has 0 saturated carbocycles. The Morgan fingerprint density at radius 1 is 1.04 bits per heavy atom. The van der Waals surface area contributed by atoms with Gasteiger partial charge in [-0.2, -0.15) is 0 Å². The lowest BCUT2D eigenvalue weighted by molar-refractivity contribution is 0.414. The van der Waals surface area contributed by atoms with Gasteiger partial charge in [-0.15, -0.1) is 0 Å². The highest BCUT2D eigenvalue weighted by atomic mass is 32.1. The quantitative estimate of drug-likeness (QED) is 0.656. The molecule has 0 spiro atoms. The Morgan fingerprint density at radius 2 is 1.81 bits per heavy atom. The van der Waals surface area contributed by atoms with Crippen molar-refractivity contribution >= 4 is 33.9 Å². The monoisotopic (exact) mass is 367 g/mol. The van der Waals surface area contributed by atoms with Crippen LogP contribution < -0.4 is 20.1 Å². The summed E-state index contributed by atoms with van der Waals surface area (Å²) in [6.07, 6.45) is 1.75. The number of nitrogens with zero attached hydrogens (tertiary/aromatic N) is 1. The van der Waals surface area contributed by atoms with Gasteiger partial charge < -0.3 is 20.1 Å². The Hall–Kier alpha value is -2.86. The van der Waals surface area contributed by atoms with E-state index in [1.54, 1.807) is 20.4 Å². The van der Waals surface area contributed by atoms with Gasteiger partial charge in [-0.25, -0.2) is 0 Å². The zero-order valence-corrected chi connectivity index (χ0v) is 15.8. The van der Waals surface area contributed by atoms with Crippen molar-refractivity contribution in [3.05, 3.63) is 60.3 Å². The number of fused-ring (bicyclic) bond motifs is 1. The maximum Gasteiger partial charge on any atom is 0.171 e. The van der Waals surface area contributed by atoms with Gasteiger partial charge >= 0.3 is 0 Å². The lowest BCUT2D eigenvalue weighted by atomic mass is 10.1. The van der Waals surface area contributed by atoms with Crippen molar-refractivity contribution in [1.29, 1.82) is 0 Å². The molecule has 6 heteroatoms. The van der Waals surface area contributed by atoms with Crippen LogP contribution in [0.5, 0.6) is 11.5 Å². The zero-order valence-electron chi connectivity index (χ0n) is 14.9. The number of pyridine rings is 1. The Morgan fingerprint density at radius 3 is 2.50 bits per heavy atom. The molecule has 26 heavy (non-hydrogen) atoms. The van der Waals surface area contributed by atoms with Gasteiger partial charge in [0.1, 0.15) is 17.0 Å². The molecule has 0 bridgehead atoms. The first-order valence-corrected chi connectivity index (χ1v) is 8.66. The van der Waals surface area contributed by atoms with E-state index < -0.39 is 0 Å². The number of ether oxygens (including phenoxy) is 2. The van der Waals surface area contributed by atoms with Crippen molar-refractivity contribution in [1.82, 2.24) is 10.3 Å². The van der Waals surface area contributed by atoms with Crippen molar-refractivity contribution in [2.75, 3.05) is 19.5 Å². The number of thiocarbonyl (C=S) groups is 1. The summed E-state index contributed by atoms with van der Waals surface area (Å²) in [4.78, 5) is 4.40. The summed E-state index contributed by atoms with van der Waals surface area (Å²) < 4.78 is 10.6. The minimum Gasteiger partial charge on any atom is -0.497 e. The molecule has 2 N–H and O–H groups in total. The molecule has 1 heterocycles. The van der Waals surface area contributed by atoms with Crippen LogP contribution in [-0.4, -0.2) is 24.3 Å². The number of hydrogen-bond acceptors (Lipinski definition) is 4. The number of aromatic nitrogens is 1. The van der Waals surface area contributed by atoms with Crippen molar-refractivity contribution < 1.29 is 9.47 Å². The van der Waals surface area contributed by atoms with Crippen molar-refractivity contribution in [2.45, 2.75) is 13.0 Å². The number of benzene rings is 2. The Balaban J connectivity index is 1.74. The Kier molecular flexibility index (Phi) is 5.53. The highest BCUT2D eigenvalue weighted by Gasteiger charge is 2.11. The first kappa shape index (κ1) is 17.9. The SMILES string of the molecule is COc1ccc(C(C)NC(=S)Nc2ccc(OC)c3ncccc23)cc1. The van der Waals surface area contributed by atoms with E-state index in [0.29, 0.717) is 5.11 Å². The highest BCUT2D eigenvalue weighted by molar-refractivity contribution is 7.80. The first-order valence-electron chi connectivity index (χ1n) is 8.25. The van der Waals surface area contributed by atoms with Gasteiger partial charge in [0.25, 0.3) is 0 Å². The maximum absolute atomic E-state index is 5.49. The van der Waals surface area contributed by atoms with Crippen LogP contribution in [-0.2, 0) is 0 Å². The van der Waals surface area contributed by atoms with Gasteiger partial charge in [0, 0.05) is 17.3 Å². The van der Waals surface area contributed by atoms with Crippen molar-refractivity contribution in [2.24, 2.45) is 0 Å². The Bertz CT molecular complexity index is 913. The van der Waals surface area contributed by atoms with E-state index in [1.807, 2.05) is 48.5 Å². The molecule has 0 saturated heterocycles. The molecule has 1 atom stereocenters. The molecule has 0 aliphatic rings. The van der Waals surface area contributed by atoms with Crippen LogP contribution in [0.3, 0.4) is 0 Å². The third-order valence-corrected chi connectivity index (χ3v) is 4.38. The maximum atomic E-state index is 5.49. The topological polar surface area (TPSA) is 55.4 Å². The highest BCUT2D eigenvalue weighted by Crippen LogP contribution is 2.29. The van der Waals surface area contributed by atoms with Crippen LogP contribution >= 0.6 is 12.2 Å². The second-order valence-corrected chi connectivity index (χ2v) is 6.22. The average molecular weight is 367 g/mol. The summed E-state index contributed by atoms with van der Waals surface area (Å²) in [5.74, 6) is 1.57. The second kappa shape index (κ2) is 8.01. The van der Waals surface area contributed by atoms with Crippen LogP contribution in [0.1, 0.15) is 18.5 Å². The normalized spacial score (nSPS) is 11.7. The fourth-order valence-electron chi connectivity index (χ4n) is 2.75. The number of hydrogen-bond donors (Lipinski definition) is 2. The molecule has 1 unspecified atom stereocenters. The molecule has 5 nitrogen and oxygen atoms in total. The molecule has 0 amide bonds. The van der Waals surface area contributed by atoms with Gasteiger partial charge in [0.05, 0.1) is 20.3 Å². The third kappa shape index (κ3) is 3.86. The molecular formula is C20H21N3O2S. The van der Waals surface area contributed by atoms with Crippen molar-refractivity contribution in [3.63, 3.8) is 0 Å². The lowest BCUT2D eigenvalue weighted by Crippen LogP contribution is -2.30. The molecule has 0 fully saturated rings. The van der Waals surface area contributed by atoms with E-state index in [-0.39, 0.29) is 6.04 Å². The van der Waals surface area contributed by atoms with E-state index in [9.17, 15) is 0 Å². The van der Waals surface area contributed by atoms with E-state index >= 15 is 0 Å². The van der Waals surface area contributed by atoms with Crippen molar-refractivity contribution in [3.8, 4) is 11.5 Å². The van der Waals surface area contributed by atoms with Crippen LogP contribution in [0.15, 0.2) is 54.7 Å². The molecule has 3 rings (SSSR count). The van der Waals surface area contributed by atoms with Crippen LogP contribution in [0, 0.1) is 0 Å². The summed E-state index contributed by atoms with van der Waals surface area (Å²) in [5.41, 5.74) is 2.80. The summed E-state index contributed by atoms with van der Waals surface area (Å²) in [7, 11) is 3.29. The third-order valence-electron chi connectivity index (χ3n) is 4.16. The van der Waals surface area contributed by atoms with E-state index in [4.69, 9.17) is 21.7 Å².